The molecule has 1 aromatic heterocycles. The zero-order valence-electron chi connectivity index (χ0n) is 11.7. The molecule has 1 unspecified atom stereocenters. The molecule has 1 saturated heterocycles. The SMILES string of the molecule is O=C(OCCCc1c[nH]c2ccc(F)cc12)C1CCCO1. The molecule has 1 fully saturated rings. The Morgan fingerprint density at radius 1 is 1.48 bits per heavy atom. The summed E-state index contributed by atoms with van der Waals surface area (Å²) in [5, 5.41) is 0.889. The number of aromatic nitrogens is 1. The quantitative estimate of drug-likeness (QED) is 0.680. The zero-order valence-corrected chi connectivity index (χ0v) is 11.7. The highest BCUT2D eigenvalue weighted by molar-refractivity contribution is 5.83. The molecule has 0 aliphatic carbocycles. The number of hydrogen-bond acceptors (Lipinski definition) is 3. The third-order valence-corrected chi connectivity index (χ3v) is 3.76. The summed E-state index contributed by atoms with van der Waals surface area (Å²) in [4.78, 5) is 14.8. The van der Waals surface area contributed by atoms with Crippen LogP contribution in [-0.2, 0) is 20.7 Å². The summed E-state index contributed by atoms with van der Waals surface area (Å²) in [7, 11) is 0. The Morgan fingerprint density at radius 3 is 3.19 bits per heavy atom. The van der Waals surface area contributed by atoms with Gasteiger partial charge < -0.3 is 14.5 Å². The number of carbonyl (C=O) groups excluding carboxylic acids is 1. The molecule has 3 rings (SSSR count). The summed E-state index contributed by atoms with van der Waals surface area (Å²) in [6.45, 7) is 1.00. The van der Waals surface area contributed by atoms with Gasteiger partial charge in [-0.1, -0.05) is 0 Å². The van der Waals surface area contributed by atoms with Crippen LogP contribution in [0.15, 0.2) is 24.4 Å². The standard InChI is InChI=1S/C16H18FNO3/c17-12-5-6-14-13(9-12)11(10-18-14)3-1-8-21-16(19)15-4-2-7-20-15/h5-6,9-10,15,18H,1-4,7-8H2. The minimum atomic E-state index is -0.382. The van der Waals surface area contributed by atoms with Crippen LogP contribution in [0.25, 0.3) is 10.9 Å². The largest absolute Gasteiger partial charge is 0.464 e. The summed E-state index contributed by atoms with van der Waals surface area (Å²) in [6, 6.07) is 4.69. The van der Waals surface area contributed by atoms with Crippen molar-refractivity contribution in [2.75, 3.05) is 13.2 Å². The van der Waals surface area contributed by atoms with Gasteiger partial charge in [0.2, 0.25) is 0 Å². The van der Waals surface area contributed by atoms with E-state index in [0.29, 0.717) is 19.6 Å². The number of benzene rings is 1. The Bertz CT molecular complexity index is 631. The fourth-order valence-corrected chi connectivity index (χ4v) is 2.65. The van der Waals surface area contributed by atoms with E-state index < -0.39 is 0 Å². The van der Waals surface area contributed by atoms with Crippen molar-refractivity contribution >= 4 is 16.9 Å². The number of carbonyl (C=O) groups is 1. The Labute approximate surface area is 122 Å². The predicted molar refractivity (Wildman–Crippen MR) is 76.5 cm³/mol. The molecule has 0 amide bonds. The highest BCUT2D eigenvalue weighted by Crippen LogP contribution is 2.20. The predicted octanol–water partition coefficient (Wildman–Crippen LogP) is 2.96. The van der Waals surface area contributed by atoms with Crippen LogP contribution in [0, 0.1) is 5.82 Å². The van der Waals surface area contributed by atoms with Gasteiger partial charge >= 0.3 is 5.97 Å². The smallest absolute Gasteiger partial charge is 0.335 e. The van der Waals surface area contributed by atoms with E-state index in [-0.39, 0.29) is 17.9 Å². The number of H-pyrrole nitrogens is 1. The Kier molecular flexibility index (Phi) is 4.20. The summed E-state index contributed by atoms with van der Waals surface area (Å²) in [6.07, 6.45) is 4.62. The lowest BCUT2D eigenvalue weighted by atomic mass is 10.1. The van der Waals surface area contributed by atoms with E-state index in [4.69, 9.17) is 9.47 Å². The lowest BCUT2D eigenvalue weighted by Crippen LogP contribution is -2.22. The van der Waals surface area contributed by atoms with Crippen molar-refractivity contribution in [1.29, 1.82) is 0 Å². The van der Waals surface area contributed by atoms with E-state index in [0.717, 1.165) is 35.7 Å². The Morgan fingerprint density at radius 2 is 2.38 bits per heavy atom. The molecule has 0 spiro atoms. The third kappa shape index (κ3) is 3.24. The van der Waals surface area contributed by atoms with Crippen molar-refractivity contribution in [3.8, 4) is 0 Å². The topological polar surface area (TPSA) is 51.3 Å². The number of halogens is 1. The van der Waals surface area contributed by atoms with Gasteiger partial charge in [-0.3, -0.25) is 0 Å². The molecule has 1 atom stereocenters. The van der Waals surface area contributed by atoms with Gasteiger partial charge in [0.15, 0.2) is 6.10 Å². The van der Waals surface area contributed by atoms with E-state index in [1.54, 1.807) is 6.07 Å². The fraction of sp³-hybridized carbons (Fsp3) is 0.438. The van der Waals surface area contributed by atoms with Gasteiger partial charge in [-0.15, -0.1) is 0 Å². The highest BCUT2D eigenvalue weighted by atomic mass is 19.1. The first-order chi connectivity index (χ1) is 10.2. The second kappa shape index (κ2) is 6.26. The number of nitrogens with one attached hydrogen (secondary N) is 1. The summed E-state index contributed by atoms with van der Waals surface area (Å²) in [5.41, 5.74) is 1.96. The number of aryl methyl sites for hydroxylation is 1. The normalized spacial score (nSPS) is 18.2. The minimum Gasteiger partial charge on any atom is -0.464 e. The van der Waals surface area contributed by atoms with Gasteiger partial charge in [0, 0.05) is 23.7 Å². The number of ether oxygens (including phenoxy) is 2. The molecule has 0 saturated carbocycles. The summed E-state index contributed by atoms with van der Waals surface area (Å²) in [5.74, 6) is -0.509. The molecule has 112 valence electrons. The molecular formula is C16H18FNO3. The molecule has 0 bridgehead atoms. The molecule has 1 aromatic carbocycles. The second-order valence-electron chi connectivity index (χ2n) is 5.28. The van der Waals surface area contributed by atoms with E-state index in [2.05, 4.69) is 4.98 Å². The molecule has 1 N–H and O–H groups in total. The fourth-order valence-electron chi connectivity index (χ4n) is 2.65. The minimum absolute atomic E-state index is 0.242. The van der Waals surface area contributed by atoms with Crippen molar-refractivity contribution < 1.29 is 18.7 Å². The van der Waals surface area contributed by atoms with Crippen molar-refractivity contribution in [2.45, 2.75) is 31.8 Å². The van der Waals surface area contributed by atoms with Crippen LogP contribution in [0.1, 0.15) is 24.8 Å². The maximum Gasteiger partial charge on any atom is 0.335 e. The van der Waals surface area contributed by atoms with Crippen LogP contribution in [0.3, 0.4) is 0 Å². The zero-order chi connectivity index (χ0) is 14.7. The summed E-state index contributed by atoms with van der Waals surface area (Å²) >= 11 is 0. The second-order valence-corrected chi connectivity index (χ2v) is 5.28. The molecule has 2 heterocycles. The number of aromatic amines is 1. The third-order valence-electron chi connectivity index (χ3n) is 3.76. The molecule has 21 heavy (non-hydrogen) atoms. The molecule has 5 heteroatoms. The van der Waals surface area contributed by atoms with Crippen LogP contribution in [0.2, 0.25) is 0 Å². The van der Waals surface area contributed by atoms with Crippen molar-refractivity contribution in [2.24, 2.45) is 0 Å². The highest BCUT2D eigenvalue weighted by Gasteiger charge is 2.24. The van der Waals surface area contributed by atoms with Crippen LogP contribution in [0.4, 0.5) is 4.39 Å². The van der Waals surface area contributed by atoms with Gasteiger partial charge in [-0.2, -0.15) is 0 Å². The Balaban J connectivity index is 1.50. The van der Waals surface area contributed by atoms with E-state index in [9.17, 15) is 9.18 Å². The number of rotatable bonds is 5. The lowest BCUT2D eigenvalue weighted by Gasteiger charge is -2.09. The lowest BCUT2D eigenvalue weighted by molar-refractivity contribution is -0.154. The van der Waals surface area contributed by atoms with Crippen LogP contribution < -0.4 is 0 Å². The van der Waals surface area contributed by atoms with Gasteiger partial charge in [0.05, 0.1) is 6.61 Å². The van der Waals surface area contributed by atoms with E-state index in [1.165, 1.54) is 12.1 Å². The van der Waals surface area contributed by atoms with Crippen molar-refractivity contribution in [3.05, 3.63) is 35.8 Å². The molecule has 1 aliphatic rings. The van der Waals surface area contributed by atoms with Gasteiger partial charge in [0.1, 0.15) is 5.82 Å². The van der Waals surface area contributed by atoms with Gasteiger partial charge in [0.25, 0.3) is 0 Å². The van der Waals surface area contributed by atoms with E-state index >= 15 is 0 Å². The van der Waals surface area contributed by atoms with Crippen molar-refractivity contribution in [1.82, 2.24) is 4.98 Å². The molecular weight excluding hydrogens is 273 g/mol. The van der Waals surface area contributed by atoms with Gasteiger partial charge in [-0.05, 0) is 49.4 Å². The molecule has 0 radical (unpaired) electrons. The van der Waals surface area contributed by atoms with Crippen LogP contribution in [-0.4, -0.2) is 30.3 Å². The number of fused-ring (bicyclic) bond motifs is 1. The maximum atomic E-state index is 13.3. The first-order valence-electron chi connectivity index (χ1n) is 7.28. The average molecular weight is 291 g/mol. The number of esters is 1. The van der Waals surface area contributed by atoms with Gasteiger partial charge in [-0.25, -0.2) is 9.18 Å². The molecule has 2 aromatic rings. The first-order valence-corrected chi connectivity index (χ1v) is 7.28. The molecule has 1 aliphatic heterocycles. The van der Waals surface area contributed by atoms with Crippen LogP contribution >= 0.6 is 0 Å². The van der Waals surface area contributed by atoms with Crippen molar-refractivity contribution in [3.63, 3.8) is 0 Å². The van der Waals surface area contributed by atoms with Crippen LogP contribution in [0.5, 0.6) is 0 Å². The molecule has 4 nitrogen and oxygen atoms in total. The first kappa shape index (κ1) is 14.1. The van der Waals surface area contributed by atoms with E-state index in [1.807, 2.05) is 6.20 Å². The average Bonchev–Trinajstić information content (AvgIpc) is 3.13. The Hall–Kier alpha value is -1.88. The maximum absolute atomic E-state index is 13.3. The monoisotopic (exact) mass is 291 g/mol. The summed E-state index contributed by atoms with van der Waals surface area (Å²) < 4.78 is 23.7. The number of hydrogen-bond donors (Lipinski definition) is 1.